The summed E-state index contributed by atoms with van der Waals surface area (Å²) < 4.78 is 4.95. The van der Waals surface area contributed by atoms with Gasteiger partial charge in [0.1, 0.15) is 0 Å². The van der Waals surface area contributed by atoms with Crippen molar-refractivity contribution < 1.29 is 19.7 Å². The summed E-state index contributed by atoms with van der Waals surface area (Å²) in [5.41, 5.74) is 0. The minimum atomic E-state index is -0.445. The van der Waals surface area contributed by atoms with Gasteiger partial charge >= 0.3 is 6.03 Å². The summed E-state index contributed by atoms with van der Waals surface area (Å²) in [5, 5.41) is 17.1. The van der Waals surface area contributed by atoms with Crippen molar-refractivity contribution in [3.05, 3.63) is 0 Å². The number of aliphatic hydroxyl groups is 2. The SMILES string of the molecule is CC(O)COC(C)CO.CN1CCN(C)C1=O. The monoisotopic (exact) mass is 248 g/mol. The summed E-state index contributed by atoms with van der Waals surface area (Å²) in [5.74, 6) is 0. The Balaban J connectivity index is 0.000000302. The normalized spacial score (nSPS) is 18.8. The van der Waals surface area contributed by atoms with E-state index in [4.69, 9.17) is 14.9 Å². The van der Waals surface area contributed by atoms with E-state index in [1.165, 1.54) is 0 Å². The average Bonchev–Trinajstić information content (AvgIpc) is 2.58. The highest BCUT2D eigenvalue weighted by atomic mass is 16.5. The maximum Gasteiger partial charge on any atom is 0.319 e. The molecule has 0 saturated carbocycles. The van der Waals surface area contributed by atoms with Gasteiger partial charge < -0.3 is 24.7 Å². The predicted molar refractivity (Wildman–Crippen MR) is 64.8 cm³/mol. The lowest BCUT2D eigenvalue weighted by Crippen LogP contribution is -2.25. The van der Waals surface area contributed by atoms with Crippen molar-refractivity contribution >= 4 is 6.03 Å². The average molecular weight is 248 g/mol. The Morgan fingerprint density at radius 1 is 1.29 bits per heavy atom. The van der Waals surface area contributed by atoms with Crippen LogP contribution in [0.5, 0.6) is 0 Å². The molecule has 1 fully saturated rings. The van der Waals surface area contributed by atoms with Crippen molar-refractivity contribution in [3.8, 4) is 0 Å². The summed E-state index contributed by atoms with van der Waals surface area (Å²) in [6, 6.07) is 0.130. The van der Waals surface area contributed by atoms with Gasteiger partial charge in [-0.15, -0.1) is 0 Å². The van der Waals surface area contributed by atoms with Crippen molar-refractivity contribution in [2.75, 3.05) is 40.4 Å². The molecular weight excluding hydrogens is 224 g/mol. The van der Waals surface area contributed by atoms with Crippen molar-refractivity contribution in [1.29, 1.82) is 0 Å². The number of likely N-dealkylation sites (N-methyl/N-ethyl adjacent to an activating group) is 2. The van der Waals surface area contributed by atoms with Crippen LogP contribution in [0.2, 0.25) is 0 Å². The molecule has 0 spiro atoms. The maximum absolute atomic E-state index is 10.8. The topological polar surface area (TPSA) is 73.2 Å². The van der Waals surface area contributed by atoms with Gasteiger partial charge in [0.2, 0.25) is 0 Å². The first kappa shape index (κ1) is 16.1. The molecule has 1 heterocycles. The fraction of sp³-hybridized carbons (Fsp3) is 0.909. The number of urea groups is 1. The third-order valence-corrected chi connectivity index (χ3v) is 2.30. The molecule has 0 bridgehead atoms. The van der Waals surface area contributed by atoms with Gasteiger partial charge in [0.15, 0.2) is 0 Å². The highest BCUT2D eigenvalue weighted by Crippen LogP contribution is 2.00. The van der Waals surface area contributed by atoms with E-state index in [1.807, 2.05) is 14.1 Å². The Labute approximate surface area is 103 Å². The van der Waals surface area contributed by atoms with Gasteiger partial charge in [0.05, 0.1) is 25.4 Å². The number of hydrogen-bond acceptors (Lipinski definition) is 4. The number of carbonyl (C=O) groups is 1. The minimum Gasteiger partial charge on any atom is -0.394 e. The molecule has 102 valence electrons. The Morgan fingerprint density at radius 2 is 1.76 bits per heavy atom. The second-order valence-electron chi connectivity index (χ2n) is 4.30. The Bertz CT molecular complexity index is 212. The largest absolute Gasteiger partial charge is 0.394 e. The number of nitrogens with zero attached hydrogens (tertiary/aromatic N) is 2. The van der Waals surface area contributed by atoms with Gasteiger partial charge in [-0.1, -0.05) is 0 Å². The summed E-state index contributed by atoms with van der Waals surface area (Å²) in [6.07, 6.45) is -0.612. The van der Waals surface area contributed by atoms with Crippen molar-refractivity contribution in [1.82, 2.24) is 9.80 Å². The summed E-state index contributed by atoms with van der Waals surface area (Å²) in [7, 11) is 3.62. The van der Waals surface area contributed by atoms with Gasteiger partial charge in [-0.2, -0.15) is 0 Å². The van der Waals surface area contributed by atoms with E-state index in [2.05, 4.69) is 0 Å². The highest BCUT2D eigenvalue weighted by Gasteiger charge is 2.20. The summed E-state index contributed by atoms with van der Waals surface area (Å²) in [4.78, 5) is 14.2. The second-order valence-corrected chi connectivity index (χ2v) is 4.30. The van der Waals surface area contributed by atoms with Crippen molar-refractivity contribution in [2.24, 2.45) is 0 Å². The van der Waals surface area contributed by atoms with E-state index in [0.717, 1.165) is 13.1 Å². The predicted octanol–water partition coefficient (Wildman–Crippen LogP) is -0.252. The number of amides is 2. The molecular formula is C11H24N2O4. The van der Waals surface area contributed by atoms with Crippen LogP contribution in [0.4, 0.5) is 4.79 Å². The molecule has 2 N–H and O–H groups in total. The number of aliphatic hydroxyl groups excluding tert-OH is 2. The maximum atomic E-state index is 10.8. The van der Waals surface area contributed by atoms with Crippen LogP contribution < -0.4 is 0 Å². The number of hydrogen-bond donors (Lipinski definition) is 2. The zero-order chi connectivity index (χ0) is 13.4. The second kappa shape index (κ2) is 8.27. The lowest BCUT2D eigenvalue weighted by molar-refractivity contribution is -0.0177. The van der Waals surface area contributed by atoms with Crippen LogP contribution in [0.3, 0.4) is 0 Å². The number of ether oxygens (including phenoxy) is 1. The van der Waals surface area contributed by atoms with Crippen LogP contribution in [0.1, 0.15) is 13.8 Å². The molecule has 2 atom stereocenters. The van der Waals surface area contributed by atoms with Crippen LogP contribution >= 0.6 is 0 Å². The van der Waals surface area contributed by atoms with E-state index in [9.17, 15) is 4.79 Å². The first-order chi connectivity index (χ1) is 7.88. The van der Waals surface area contributed by atoms with Gasteiger partial charge in [0.25, 0.3) is 0 Å². The molecule has 0 aromatic rings. The molecule has 1 aliphatic heterocycles. The molecule has 1 aliphatic rings. The van der Waals surface area contributed by atoms with E-state index in [-0.39, 0.29) is 18.7 Å². The molecule has 6 heteroatoms. The summed E-state index contributed by atoms with van der Waals surface area (Å²) >= 11 is 0. The summed E-state index contributed by atoms with van der Waals surface area (Å²) in [6.45, 7) is 5.44. The molecule has 1 saturated heterocycles. The Morgan fingerprint density at radius 3 is 2.00 bits per heavy atom. The first-order valence-electron chi connectivity index (χ1n) is 5.75. The fourth-order valence-corrected chi connectivity index (χ4v) is 1.14. The van der Waals surface area contributed by atoms with E-state index in [0.29, 0.717) is 6.61 Å². The molecule has 0 aliphatic carbocycles. The third-order valence-electron chi connectivity index (χ3n) is 2.30. The van der Waals surface area contributed by atoms with Crippen LogP contribution in [-0.2, 0) is 4.74 Å². The van der Waals surface area contributed by atoms with Crippen LogP contribution in [-0.4, -0.2) is 78.7 Å². The van der Waals surface area contributed by atoms with E-state index >= 15 is 0 Å². The van der Waals surface area contributed by atoms with E-state index < -0.39 is 6.10 Å². The van der Waals surface area contributed by atoms with Crippen LogP contribution in [0, 0.1) is 0 Å². The lowest BCUT2D eigenvalue weighted by atomic mass is 10.4. The molecule has 0 aromatic heterocycles. The molecule has 0 aromatic carbocycles. The van der Waals surface area contributed by atoms with Crippen LogP contribution in [0.25, 0.3) is 0 Å². The van der Waals surface area contributed by atoms with Gasteiger partial charge in [-0.3, -0.25) is 0 Å². The Kier molecular flexibility index (Phi) is 7.86. The van der Waals surface area contributed by atoms with Gasteiger partial charge in [0, 0.05) is 27.2 Å². The molecule has 2 unspecified atom stereocenters. The third kappa shape index (κ3) is 7.14. The molecule has 17 heavy (non-hydrogen) atoms. The first-order valence-corrected chi connectivity index (χ1v) is 5.75. The number of carbonyl (C=O) groups excluding carboxylic acids is 1. The quantitative estimate of drug-likeness (QED) is 0.719. The van der Waals surface area contributed by atoms with Crippen molar-refractivity contribution in [2.45, 2.75) is 26.1 Å². The van der Waals surface area contributed by atoms with Crippen LogP contribution in [0.15, 0.2) is 0 Å². The molecule has 1 rings (SSSR count). The lowest BCUT2D eigenvalue weighted by Gasteiger charge is -2.10. The highest BCUT2D eigenvalue weighted by molar-refractivity contribution is 5.75. The van der Waals surface area contributed by atoms with Gasteiger partial charge in [-0.05, 0) is 13.8 Å². The van der Waals surface area contributed by atoms with Gasteiger partial charge in [-0.25, -0.2) is 4.79 Å². The molecule has 2 amide bonds. The molecule has 0 radical (unpaired) electrons. The zero-order valence-corrected chi connectivity index (χ0v) is 11.1. The Hall–Kier alpha value is -0.850. The van der Waals surface area contributed by atoms with E-state index in [1.54, 1.807) is 23.6 Å². The standard InChI is InChI=1S/C6H14O3.C5H10N2O/c1-5(8)4-9-6(2)3-7;1-6-3-4-7(2)5(6)8/h5-8H,3-4H2,1-2H3;3-4H2,1-2H3. The molecule has 6 nitrogen and oxygen atoms in total. The van der Waals surface area contributed by atoms with Crippen molar-refractivity contribution in [3.63, 3.8) is 0 Å². The smallest absolute Gasteiger partial charge is 0.319 e. The zero-order valence-electron chi connectivity index (χ0n) is 11.1. The fourth-order valence-electron chi connectivity index (χ4n) is 1.14. The number of rotatable bonds is 4. The minimum absolute atomic E-state index is 0.00667.